The highest BCUT2D eigenvalue weighted by Crippen LogP contribution is 2.45. The van der Waals surface area contributed by atoms with E-state index in [4.69, 9.17) is 14.1 Å². The van der Waals surface area contributed by atoms with Crippen molar-refractivity contribution in [3.05, 3.63) is 80.9 Å². The Bertz CT molecular complexity index is 1520. The lowest BCUT2D eigenvalue weighted by Crippen LogP contribution is -2.19. The predicted molar refractivity (Wildman–Crippen MR) is 114 cm³/mol. The van der Waals surface area contributed by atoms with Gasteiger partial charge in [-0.2, -0.15) is 0 Å². The number of halogens is 1. The molecule has 0 saturated heterocycles. The molecule has 1 aliphatic heterocycles. The highest BCUT2D eigenvalue weighted by Gasteiger charge is 2.33. The van der Waals surface area contributed by atoms with Crippen LogP contribution in [-0.4, -0.2) is 19.6 Å². The first-order valence-corrected chi connectivity index (χ1v) is 10.1. The summed E-state index contributed by atoms with van der Waals surface area (Å²) in [6.07, 6.45) is 1.58. The molecule has 0 spiro atoms. The van der Waals surface area contributed by atoms with Crippen molar-refractivity contribution in [1.82, 2.24) is 19.6 Å². The largest absolute Gasteiger partial charge is 0.437 e. The van der Waals surface area contributed by atoms with E-state index in [1.54, 1.807) is 16.9 Å². The fraction of sp³-hybridized carbons (Fsp3) is 0.0909. The molecule has 4 heterocycles. The summed E-state index contributed by atoms with van der Waals surface area (Å²) in [6, 6.07) is 15.1. The maximum Gasteiger partial charge on any atom is 0.343 e. The molecule has 30 heavy (non-hydrogen) atoms. The number of aromatic nitrogens is 4. The van der Waals surface area contributed by atoms with Crippen LogP contribution in [0.4, 0.5) is 0 Å². The van der Waals surface area contributed by atoms with Gasteiger partial charge in [-0.1, -0.05) is 47.1 Å². The standard InChI is InChI=1S/C22H13BrN4O3/c1-11-16-18(14-4-2-3-5-15(14)29-22(16)28)30-21-17(11)20-25-19(26-27(20)10-24-21)12-6-8-13(23)9-7-12/h2-11H,1H3. The molecule has 146 valence electrons. The fourth-order valence-corrected chi connectivity index (χ4v) is 4.17. The van der Waals surface area contributed by atoms with E-state index < -0.39 is 5.63 Å². The maximum absolute atomic E-state index is 12.8. The zero-order valence-electron chi connectivity index (χ0n) is 15.7. The maximum atomic E-state index is 12.8. The number of ether oxygens (including phenoxy) is 1. The summed E-state index contributed by atoms with van der Waals surface area (Å²) in [7, 11) is 0. The van der Waals surface area contributed by atoms with Crippen molar-refractivity contribution in [2.75, 3.05) is 0 Å². The molecule has 0 amide bonds. The van der Waals surface area contributed by atoms with Gasteiger partial charge in [0, 0.05) is 16.0 Å². The minimum atomic E-state index is -0.420. The van der Waals surface area contributed by atoms with Crippen LogP contribution in [0.15, 0.2) is 68.5 Å². The summed E-state index contributed by atoms with van der Waals surface area (Å²) in [4.78, 5) is 22.0. The van der Waals surface area contributed by atoms with Gasteiger partial charge < -0.3 is 9.15 Å². The van der Waals surface area contributed by atoms with Crippen molar-refractivity contribution in [3.63, 3.8) is 0 Å². The fourth-order valence-electron chi connectivity index (χ4n) is 3.90. The molecule has 2 aromatic carbocycles. The first-order valence-electron chi connectivity index (χ1n) is 9.35. The molecular weight excluding hydrogens is 448 g/mol. The zero-order chi connectivity index (χ0) is 20.4. The third-order valence-electron chi connectivity index (χ3n) is 5.35. The first kappa shape index (κ1) is 17.3. The Morgan fingerprint density at radius 1 is 1.07 bits per heavy atom. The van der Waals surface area contributed by atoms with Crippen LogP contribution in [0.2, 0.25) is 0 Å². The van der Waals surface area contributed by atoms with Crippen molar-refractivity contribution >= 4 is 32.5 Å². The number of benzene rings is 2. The van der Waals surface area contributed by atoms with Crippen molar-refractivity contribution in [1.29, 1.82) is 0 Å². The Balaban J connectivity index is 1.58. The van der Waals surface area contributed by atoms with E-state index in [2.05, 4.69) is 26.0 Å². The molecule has 0 aliphatic carbocycles. The third kappa shape index (κ3) is 2.43. The average Bonchev–Trinajstić information content (AvgIpc) is 3.18. The van der Waals surface area contributed by atoms with Crippen molar-refractivity contribution < 1.29 is 9.15 Å². The van der Waals surface area contributed by atoms with E-state index in [9.17, 15) is 4.79 Å². The van der Waals surface area contributed by atoms with Crippen molar-refractivity contribution in [3.8, 4) is 23.0 Å². The van der Waals surface area contributed by atoms with Crippen LogP contribution in [0.1, 0.15) is 24.0 Å². The van der Waals surface area contributed by atoms with Gasteiger partial charge in [0.15, 0.2) is 17.2 Å². The Morgan fingerprint density at radius 2 is 1.87 bits per heavy atom. The normalized spacial score (nSPS) is 15.1. The summed E-state index contributed by atoms with van der Waals surface area (Å²) in [5.41, 5.74) is 2.72. The highest BCUT2D eigenvalue weighted by atomic mass is 79.9. The van der Waals surface area contributed by atoms with Crippen LogP contribution >= 0.6 is 15.9 Å². The van der Waals surface area contributed by atoms with Crippen molar-refractivity contribution in [2.24, 2.45) is 0 Å². The van der Waals surface area contributed by atoms with Gasteiger partial charge in [-0.15, -0.1) is 5.10 Å². The molecule has 1 atom stereocenters. The average molecular weight is 461 g/mol. The van der Waals surface area contributed by atoms with E-state index in [1.165, 1.54) is 0 Å². The lowest BCUT2D eigenvalue weighted by atomic mass is 9.92. The van der Waals surface area contributed by atoms with Crippen LogP contribution in [0.25, 0.3) is 28.0 Å². The van der Waals surface area contributed by atoms with E-state index in [0.29, 0.717) is 39.8 Å². The lowest BCUT2D eigenvalue weighted by molar-refractivity contribution is 0.419. The number of hydrogen-bond acceptors (Lipinski definition) is 6. The number of rotatable bonds is 1. The quantitative estimate of drug-likeness (QED) is 0.330. The molecule has 6 rings (SSSR count). The van der Waals surface area contributed by atoms with Gasteiger partial charge in [0.1, 0.15) is 11.9 Å². The molecule has 0 bridgehead atoms. The minimum Gasteiger partial charge on any atom is -0.437 e. The van der Waals surface area contributed by atoms with E-state index in [0.717, 1.165) is 15.4 Å². The zero-order valence-corrected chi connectivity index (χ0v) is 17.3. The first-order chi connectivity index (χ1) is 14.6. The molecular formula is C22H13BrN4O3. The number of hydrogen-bond donors (Lipinski definition) is 0. The van der Waals surface area contributed by atoms with E-state index in [-0.39, 0.29) is 5.92 Å². The SMILES string of the molecule is CC1c2c(c3ccccc3oc2=O)Oc2ncn3nc(-c4ccc(Br)cc4)nc3c21. The summed E-state index contributed by atoms with van der Waals surface area (Å²) in [5.74, 6) is 1.17. The predicted octanol–water partition coefficient (Wildman–Crippen LogP) is 4.92. The molecule has 1 aliphatic rings. The minimum absolute atomic E-state index is 0.317. The number of fused-ring (bicyclic) bond motifs is 6. The second-order valence-corrected chi connectivity index (χ2v) is 8.04. The Labute approximate surface area is 178 Å². The van der Waals surface area contributed by atoms with Crippen LogP contribution in [0, 0.1) is 0 Å². The van der Waals surface area contributed by atoms with Crippen LogP contribution in [0.3, 0.4) is 0 Å². The van der Waals surface area contributed by atoms with Gasteiger partial charge >= 0.3 is 5.63 Å². The lowest BCUT2D eigenvalue weighted by Gasteiger charge is -2.24. The number of para-hydroxylation sites is 1. The summed E-state index contributed by atoms with van der Waals surface area (Å²) < 4.78 is 14.3. The Hall–Kier alpha value is -3.52. The van der Waals surface area contributed by atoms with Gasteiger partial charge in [0.25, 0.3) is 0 Å². The van der Waals surface area contributed by atoms with Gasteiger partial charge in [-0.3, -0.25) is 0 Å². The van der Waals surface area contributed by atoms with E-state index in [1.807, 2.05) is 49.4 Å². The molecule has 0 N–H and O–H groups in total. The van der Waals surface area contributed by atoms with Crippen LogP contribution < -0.4 is 10.4 Å². The molecule has 5 aromatic rings. The second-order valence-electron chi connectivity index (χ2n) is 7.13. The second kappa shape index (κ2) is 6.24. The summed E-state index contributed by atoms with van der Waals surface area (Å²) in [5, 5.41) is 5.29. The van der Waals surface area contributed by atoms with Crippen LogP contribution in [-0.2, 0) is 0 Å². The Morgan fingerprint density at radius 3 is 2.70 bits per heavy atom. The number of nitrogens with zero attached hydrogens (tertiary/aromatic N) is 4. The topological polar surface area (TPSA) is 82.5 Å². The molecule has 0 radical (unpaired) electrons. The summed E-state index contributed by atoms with van der Waals surface area (Å²) in [6.45, 7) is 1.93. The van der Waals surface area contributed by atoms with Crippen molar-refractivity contribution in [2.45, 2.75) is 12.8 Å². The molecule has 7 nitrogen and oxygen atoms in total. The van der Waals surface area contributed by atoms with Gasteiger partial charge in [0.2, 0.25) is 5.88 Å². The Kier molecular flexibility index (Phi) is 3.61. The molecule has 0 fully saturated rings. The van der Waals surface area contributed by atoms with Gasteiger partial charge in [-0.25, -0.2) is 19.3 Å². The molecule has 0 saturated carbocycles. The summed E-state index contributed by atoms with van der Waals surface area (Å²) >= 11 is 3.44. The smallest absolute Gasteiger partial charge is 0.343 e. The van der Waals surface area contributed by atoms with Gasteiger partial charge in [-0.05, 0) is 24.3 Å². The molecule has 8 heteroatoms. The monoisotopic (exact) mass is 460 g/mol. The third-order valence-corrected chi connectivity index (χ3v) is 5.88. The van der Waals surface area contributed by atoms with E-state index >= 15 is 0 Å². The van der Waals surface area contributed by atoms with Gasteiger partial charge in [0.05, 0.1) is 16.5 Å². The molecule has 3 aromatic heterocycles. The van der Waals surface area contributed by atoms with Crippen LogP contribution in [0.5, 0.6) is 11.6 Å². The highest BCUT2D eigenvalue weighted by molar-refractivity contribution is 9.10. The molecule has 1 unspecified atom stereocenters.